The molecule has 10 heteroatoms. The zero-order valence-electron chi connectivity index (χ0n) is 23.8. The lowest BCUT2D eigenvalue weighted by molar-refractivity contribution is -0.141. The lowest BCUT2D eigenvalue weighted by atomic mass is 9.84. The standard InChI is InChI=1S/C27H25F3N4O3.2C2H6/c28-27(29,30)23-22(37-25(33-23)18-7-3-1-4-8-18)24(35)32-20-11-12-21(31-17-20)34-15-13-26(36,14-16-34)19-9-5-2-6-10-19;2*1-2/h2-3,5-12,17,36H,1,4,13-16H2,(H,32,35);2*1-2H3. The van der Waals surface area contributed by atoms with Crippen LogP contribution < -0.4 is 10.2 Å². The molecule has 2 N–H and O–H groups in total. The van der Waals surface area contributed by atoms with Crippen molar-refractivity contribution in [1.82, 2.24) is 9.97 Å². The molecular formula is C31H37F3N4O3. The molecule has 220 valence electrons. The summed E-state index contributed by atoms with van der Waals surface area (Å²) < 4.78 is 46.0. The molecule has 1 aliphatic heterocycles. The summed E-state index contributed by atoms with van der Waals surface area (Å²) in [4.78, 5) is 22.7. The zero-order valence-corrected chi connectivity index (χ0v) is 23.8. The smallest absolute Gasteiger partial charge is 0.430 e. The van der Waals surface area contributed by atoms with Gasteiger partial charge in [-0.05, 0) is 43.4 Å². The molecular weight excluding hydrogens is 533 g/mol. The number of anilines is 2. The van der Waals surface area contributed by atoms with Crippen molar-refractivity contribution in [2.75, 3.05) is 23.3 Å². The molecule has 3 heterocycles. The number of hydrogen-bond donors (Lipinski definition) is 2. The van der Waals surface area contributed by atoms with E-state index in [2.05, 4.69) is 15.3 Å². The molecule has 1 amide bonds. The highest BCUT2D eigenvalue weighted by atomic mass is 19.4. The van der Waals surface area contributed by atoms with Crippen LogP contribution in [-0.4, -0.2) is 34.1 Å². The van der Waals surface area contributed by atoms with Crippen molar-refractivity contribution in [3.8, 4) is 0 Å². The fourth-order valence-electron chi connectivity index (χ4n) is 4.54. The number of carbonyl (C=O) groups is 1. The molecule has 5 rings (SSSR count). The SMILES string of the molecule is CC.CC.O=C(Nc1ccc(N2CCC(O)(c3ccccc3)CC2)nc1)c1oc(C2=CCCC=C2)nc1C(F)(F)F. The highest BCUT2D eigenvalue weighted by Crippen LogP contribution is 2.36. The molecule has 41 heavy (non-hydrogen) atoms. The minimum absolute atomic E-state index is 0.217. The highest BCUT2D eigenvalue weighted by Gasteiger charge is 2.41. The van der Waals surface area contributed by atoms with Gasteiger partial charge in [0.25, 0.3) is 5.91 Å². The Bertz CT molecular complexity index is 1320. The second-order valence-corrected chi connectivity index (χ2v) is 9.08. The molecule has 7 nitrogen and oxygen atoms in total. The normalized spacial score (nSPS) is 16.0. The van der Waals surface area contributed by atoms with Crippen molar-refractivity contribution in [3.05, 3.63) is 89.8 Å². The molecule has 0 unspecified atom stereocenters. The van der Waals surface area contributed by atoms with Gasteiger partial charge in [0.05, 0.1) is 17.5 Å². The van der Waals surface area contributed by atoms with Gasteiger partial charge in [0.15, 0.2) is 5.69 Å². The van der Waals surface area contributed by atoms with Crippen molar-refractivity contribution in [2.24, 2.45) is 0 Å². The molecule has 3 aromatic rings. The predicted molar refractivity (Wildman–Crippen MR) is 155 cm³/mol. The van der Waals surface area contributed by atoms with Gasteiger partial charge in [0.1, 0.15) is 5.82 Å². The van der Waals surface area contributed by atoms with E-state index in [0.29, 0.717) is 43.7 Å². The lowest BCUT2D eigenvalue weighted by Crippen LogP contribution is -2.42. The molecule has 1 aliphatic carbocycles. The molecule has 1 saturated heterocycles. The number of pyridine rings is 1. The van der Waals surface area contributed by atoms with Crippen LogP contribution >= 0.6 is 0 Å². The van der Waals surface area contributed by atoms with Crippen LogP contribution in [0.2, 0.25) is 0 Å². The number of carbonyl (C=O) groups excluding carboxylic acids is 1. The van der Waals surface area contributed by atoms with E-state index in [1.54, 1.807) is 24.3 Å². The monoisotopic (exact) mass is 570 g/mol. The van der Waals surface area contributed by atoms with Crippen LogP contribution in [0.4, 0.5) is 24.7 Å². The van der Waals surface area contributed by atoms with Gasteiger partial charge in [0.2, 0.25) is 11.7 Å². The van der Waals surface area contributed by atoms with E-state index >= 15 is 0 Å². The number of nitrogens with zero attached hydrogens (tertiary/aromatic N) is 3. The van der Waals surface area contributed by atoms with Gasteiger partial charge in [-0.3, -0.25) is 4.79 Å². The number of halogens is 3. The number of piperidine rings is 1. The summed E-state index contributed by atoms with van der Waals surface area (Å²) in [6.45, 7) is 9.15. The van der Waals surface area contributed by atoms with E-state index in [1.807, 2.05) is 69.0 Å². The molecule has 1 aromatic carbocycles. The van der Waals surface area contributed by atoms with E-state index in [4.69, 9.17) is 4.42 Å². The number of alkyl halides is 3. The van der Waals surface area contributed by atoms with E-state index in [1.165, 1.54) is 6.20 Å². The quantitative estimate of drug-likeness (QED) is 0.328. The second-order valence-electron chi connectivity index (χ2n) is 9.08. The molecule has 0 radical (unpaired) electrons. The predicted octanol–water partition coefficient (Wildman–Crippen LogP) is 7.61. The summed E-state index contributed by atoms with van der Waals surface area (Å²) in [6.07, 6.45) is 4.15. The van der Waals surface area contributed by atoms with Gasteiger partial charge in [-0.25, -0.2) is 9.97 Å². The number of amides is 1. The average Bonchev–Trinajstić information content (AvgIpc) is 3.48. The summed E-state index contributed by atoms with van der Waals surface area (Å²) in [5.41, 5.74) is -0.771. The Labute approximate surface area is 238 Å². The van der Waals surface area contributed by atoms with Gasteiger partial charge in [-0.15, -0.1) is 0 Å². The minimum Gasteiger partial charge on any atom is -0.430 e. The van der Waals surface area contributed by atoms with Gasteiger partial charge in [0, 0.05) is 18.7 Å². The first-order chi connectivity index (χ1) is 19.7. The first-order valence-corrected chi connectivity index (χ1v) is 14.0. The van der Waals surface area contributed by atoms with Gasteiger partial charge in [-0.1, -0.05) is 76.3 Å². The molecule has 0 bridgehead atoms. The Morgan fingerprint density at radius 1 is 1.02 bits per heavy atom. The largest absolute Gasteiger partial charge is 0.437 e. The Balaban J connectivity index is 0.00000111. The Morgan fingerprint density at radius 3 is 2.27 bits per heavy atom. The topological polar surface area (TPSA) is 91.5 Å². The Kier molecular flexibility index (Phi) is 10.9. The molecule has 0 saturated carbocycles. The second kappa shape index (κ2) is 14.1. The third-order valence-electron chi connectivity index (χ3n) is 6.58. The van der Waals surface area contributed by atoms with E-state index in [9.17, 15) is 23.1 Å². The van der Waals surface area contributed by atoms with Crippen molar-refractivity contribution in [1.29, 1.82) is 0 Å². The molecule has 2 aliphatic rings. The first kappa shape index (κ1) is 31.6. The Morgan fingerprint density at radius 2 is 1.71 bits per heavy atom. The number of rotatable bonds is 5. The maximum absolute atomic E-state index is 13.6. The molecule has 1 fully saturated rings. The number of aromatic nitrogens is 2. The van der Waals surface area contributed by atoms with Crippen LogP contribution in [0.15, 0.2) is 71.3 Å². The summed E-state index contributed by atoms with van der Waals surface area (Å²) in [6, 6.07) is 12.8. The molecule has 0 spiro atoms. The summed E-state index contributed by atoms with van der Waals surface area (Å²) in [5, 5.41) is 13.4. The zero-order chi connectivity index (χ0) is 30.0. The summed E-state index contributed by atoms with van der Waals surface area (Å²) in [7, 11) is 0. The maximum Gasteiger partial charge on any atom is 0.437 e. The molecule has 2 aromatic heterocycles. The number of benzene rings is 1. The first-order valence-electron chi connectivity index (χ1n) is 14.0. The van der Waals surface area contributed by atoms with Crippen molar-refractivity contribution < 1.29 is 27.5 Å². The van der Waals surface area contributed by atoms with Crippen LogP contribution in [0.5, 0.6) is 0 Å². The fourth-order valence-corrected chi connectivity index (χ4v) is 4.54. The fraction of sp³-hybridized carbons (Fsp3) is 0.387. The lowest BCUT2D eigenvalue weighted by Gasteiger charge is -2.39. The number of allylic oxidation sites excluding steroid dienone is 4. The third kappa shape index (κ3) is 7.64. The number of nitrogens with one attached hydrogen (secondary N) is 1. The minimum atomic E-state index is -4.86. The van der Waals surface area contributed by atoms with Crippen LogP contribution in [0.1, 0.15) is 81.1 Å². The van der Waals surface area contributed by atoms with Crippen molar-refractivity contribution in [3.63, 3.8) is 0 Å². The van der Waals surface area contributed by atoms with Crippen LogP contribution in [0.25, 0.3) is 5.57 Å². The maximum atomic E-state index is 13.6. The number of hydrogen-bond acceptors (Lipinski definition) is 6. The van der Waals surface area contributed by atoms with Gasteiger partial charge < -0.3 is 19.7 Å². The van der Waals surface area contributed by atoms with Gasteiger partial charge >= 0.3 is 6.18 Å². The van der Waals surface area contributed by atoms with Crippen molar-refractivity contribution >= 4 is 23.0 Å². The van der Waals surface area contributed by atoms with Crippen LogP contribution in [-0.2, 0) is 11.8 Å². The van der Waals surface area contributed by atoms with Crippen LogP contribution in [0.3, 0.4) is 0 Å². The highest BCUT2D eigenvalue weighted by molar-refractivity contribution is 6.03. The van der Waals surface area contributed by atoms with Crippen LogP contribution in [0, 0.1) is 0 Å². The van der Waals surface area contributed by atoms with Gasteiger partial charge in [-0.2, -0.15) is 13.2 Å². The average molecular weight is 571 g/mol. The summed E-state index contributed by atoms with van der Waals surface area (Å²) in [5.74, 6) is -1.57. The number of oxazole rings is 1. The van der Waals surface area contributed by atoms with E-state index in [-0.39, 0.29) is 11.6 Å². The summed E-state index contributed by atoms with van der Waals surface area (Å²) >= 11 is 0. The van der Waals surface area contributed by atoms with Crippen molar-refractivity contribution in [2.45, 2.75) is 65.2 Å². The molecule has 0 atom stereocenters. The number of aliphatic hydroxyl groups is 1. The third-order valence-corrected chi connectivity index (χ3v) is 6.58. The van der Waals surface area contributed by atoms with E-state index in [0.717, 1.165) is 12.0 Å². The van der Waals surface area contributed by atoms with E-state index < -0.39 is 29.1 Å². The Hall–Kier alpha value is -3.92.